The summed E-state index contributed by atoms with van der Waals surface area (Å²) in [6, 6.07) is 12.3. The zero-order valence-corrected chi connectivity index (χ0v) is 18.1. The summed E-state index contributed by atoms with van der Waals surface area (Å²) in [6.07, 6.45) is 2.60. The molecule has 31 heavy (non-hydrogen) atoms. The summed E-state index contributed by atoms with van der Waals surface area (Å²) in [5.41, 5.74) is 6.18. The zero-order chi connectivity index (χ0) is 21.8. The van der Waals surface area contributed by atoms with Crippen molar-refractivity contribution in [2.24, 2.45) is 0 Å². The van der Waals surface area contributed by atoms with Crippen molar-refractivity contribution in [3.8, 4) is 11.3 Å². The van der Waals surface area contributed by atoms with Crippen molar-refractivity contribution in [2.75, 3.05) is 13.1 Å². The lowest BCUT2D eigenvalue weighted by Crippen LogP contribution is -2.42. The number of nitrogens with one attached hydrogen (secondary N) is 3. The van der Waals surface area contributed by atoms with E-state index in [-0.39, 0.29) is 15.5 Å². The number of nitrogens with zero attached hydrogens (tertiary/aromatic N) is 2. The third-order valence-electron chi connectivity index (χ3n) is 4.95. The minimum atomic E-state index is -3.76. The maximum absolute atomic E-state index is 12.9. The van der Waals surface area contributed by atoms with Crippen molar-refractivity contribution in [3.05, 3.63) is 58.4 Å². The lowest BCUT2D eigenvalue weighted by atomic mass is 10.1. The van der Waals surface area contributed by atoms with Crippen LogP contribution in [-0.4, -0.2) is 47.8 Å². The Morgan fingerprint density at radius 1 is 1.00 bits per heavy atom. The average Bonchev–Trinajstić information content (AvgIpc) is 3.49. The molecular weight excluding hydrogens is 438 g/mol. The Morgan fingerprint density at radius 2 is 1.71 bits per heavy atom. The molecule has 1 aliphatic rings. The van der Waals surface area contributed by atoms with E-state index in [1.165, 1.54) is 10.4 Å². The number of sulfonamides is 1. The Morgan fingerprint density at radius 3 is 2.45 bits per heavy atom. The molecule has 4 rings (SSSR count). The highest BCUT2D eigenvalue weighted by atomic mass is 32.2. The molecule has 162 valence electrons. The number of aromatic amines is 1. The maximum Gasteiger partial charge on any atom is 0.287 e. The normalized spacial score (nSPS) is 14.8. The van der Waals surface area contributed by atoms with Gasteiger partial charge in [0.25, 0.3) is 11.8 Å². The molecule has 3 aromatic rings. The SMILES string of the molecule is O=C(NNC(=O)c1sccc1S(=O)(=O)N1CCCCC1)c1cc(-c2ccccc2)n[nH]1. The fourth-order valence-electron chi connectivity index (χ4n) is 3.34. The predicted molar refractivity (Wildman–Crippen MR) is 116 cm³/mol. The van der Waals surface area contributed by atoms with Gasteiger partial charge < -0.3 is 0 Å². The van der Waals surface area contributed by atoms with Gasteiger partial charge in [-0.25, -0.2) is 8.42 Å². The molecule has 2 amide bonds. The molecule has 9 nitrogen and oxygen atoms in total. The Labute approximate surface area is 183 Å². The van der Waals surface area contributed by atoms with E-state index in [9.17, 15) is 18.0 Å². The van der Waals surface area contributed by atoms with Gasteiger partial charge in [-0.2, -0.15) is 9.40 Å². The summed E-state index contributed by atoms with van der Waals surface area (Å²) in [5.74, 6) is -1.29. The van der Waals surface area contributed by atoms with E-state index in [1.807, 2.05) is 30.3 Å². The Kier molecular flexibility index (Phi) is 6.16. The fraction of sp³-hybridized carbons (Fsp3) is 0.250. The van der Waals surface area contributed by atoms with Gasteiger partial charge >= 0.3 is 0 Å². The minimum Gasteiger partial charge on any atom is -0.272 e. The van der Waals surface area contributed by atoms with E-state index in [0.29, 0.717) is 18.8 Å². The van der Waals surface area contributed by atoms with Crippen molar-refractivity contribution < 1.29 is 18.0 Å². The quantitative estimate of drug-likeness (QED) is 0.506. The molecule has 1 fully saturated rings. The lowest BCUT2D eigenvalue weighted by Gasteiger charge is -2.25. The van der Waals surface area contributed by atoms with Crippen molar-refractivity contribution in [1.29, 1.82) is 0 Å². The second-order valence-electron chi connectivity index (χ2n) is 7.02. The molecule has 0 atom stereocenters. The fourth-order valence-corrected chi connectivity index (χ4v) is 6.16. The summed E-state index contributed by atoms with van der Waals surface area (Å²) in [7, 11) is -3.76. The van der Waals surface area contributed by atoms with E-state index >= 15 is 0 Å². The molecular formula is C20H21N5O4S2. The number of carbonyl (C=O) groups excluding carboxylic acids is 2. The molecule has 0 spiro atoms. The van der Waals surface area contributed by atoms with Crippen LogP contribution in [-0.2, 0) is 10.0 Å². The number of rotatable bonds is 5. The first-order valence-corrected chi connectivity index (χ1v) is 12.1. The van der Waals surface area contributed by atoms with Crippen LogP contribution in [0.4, 0.5) is 0 Å². The number of hydrogen-bond donors (Lipinski definition) is 3. The highest BCUT2D eigenvalue weighted by molar-refractivity contribution is 7.89. The first-order valence-electron chi connectivity index (χ1n) is 9.76. The summed E-state index contributed by atoms with van der Waals surface area (Å²) in [6.45, 7) is 0.888. The Hall–Kier alpha value is -3.02. The molecule has 3 heterocycles. The van der Waals surface area contributed by atoms with Gasteiger partial charge in [0.05, 0.1) is 5.69 Å². The lowest BCUT2D eigenvalue weighted by molar-refractivity contribution is 0.0844. The molecule has 2 aromatic heterocycles. The number of thiophene rings is 1. The molecule has 3 N–H and O–H groups in total. The second kappa shape index (κ2) is 9.00. The van der Waals surface area contributed by atoms with Gasteiger partial charge in [0.1, 0.15) is 15.5 Å². The number of benzene rings is 1. The van der Waals surface area contributed by atoms with Crippen LogP contribution in [0.25, 0.3) is 11.3 Å². The molecule has 0 bridgehead atoms. The van der Waals surface area contributed by atoms with Crippen molar-refractivity contribution in [3.63, 3.8) is 0 Å². The summed E-state index contributed by atoms with van der Waals surface area (Å²) >= 11 is 1.01. The number of hydrogen-bond acceptors (Lipinski definition) is 6. The van der Waals surface area contributed by atoms with Crippen LogP contribution in [0.2, 0.25) is 0 Å². The number of piperidine rings is 1. The van der Waals surface area contributed by atoms with Crippen LogP contribution < -0.4 is 10.9 Å². The first-order chi connectivity index (χ1) is 15.0. The number of aromatic nitrogens is 2. The van der Waals surface area contributed by atoms with Crippen molar-refractivity contribution >= 4 is 33.2 Å². The molecule has 0 saturated carbocycles. The Balaban J connectivity index is 1.43. The number of hydrazine groups is 1. The second-order valence-corrected chi connectivity index (χ2v) is 9.84. The summed E-state index contributed by atoms with van der Waals surface area (Å²) < 4.78 is 27.3. The third kappa shape index (κ3) is 4.53. The third-order valence-corrected chi connectivity index (χ3v) is 7.93. The van der Waals surface area contributed by atoms with Crippen LogP contribution >= 0.6 is 11.3 Å². The summed E-state index contributed by atoms with van der Waals surface area (Å²) in [5, 5.41) is 8.28. The highest BCUT2D eigenvalue weighted by Gasteiger charge is 2.31. The van der Waals surface area contributed by atoms with Gasteiger partial charge in [0.15, 0.2) is 0 Å². The van der Waals surface area contributed by atoms with Crippen LogP contribution in [0, 0.1) is 0 Å². The van der Waals surface area contributed by atoms with Gasteiger partial charge in [-0.3, -0.25) is 25.5 Å². The molecule has 0 aliphatic carbocycles. The molecule has 1 aromatic carbocycles. The van der Waals surface area contributed by atoms with Gasteiger partial charge in [-0.05, 0) is 30.4 Å². The number of H-pyrrole nitrogens is 1. The van der Waals surface area contributed by atoms with Crippen LogP contribution in [0.1, 0.15) is 39.4 Å². The van der Waals surface area contributed by atoms with Crippen molar-refractivity contribution in [1.82, 2.24) is 25.4 Å². The van der Waals surface area contributed by atoms with Crippen LogP contribution in [0.15, 0.2) is 52.7 Å². The van der Waals surface area contributed by atoms with Crippen LogP contribution in [0.5, 0.6) is 0 Å². The van der Waals surface area contributed by atoms with E-state index in [4.69, 9.17) is 0 Å². The predicted octanol–water partition coefficient (Wildman–Crippen LogP) is 2.39. The highest BCUT2D eigenvalue weighted by Crippen LogP contribution is 2.27. The monoisotopic (exact) mass is 459 g/mol. The van der Waals surface area contributed by atoms with E-state index in [1.54, 1.807) is 11.4 Å². The van der Waals surface area contributed by atoms with Gasteiger partial charge in [0.2, 0.25) is 10.0 Å². The first kappa shape index (κ1) is 21.2. The number of amides is 2. The molecule has 0 unspecified atom stereocenters. The maximum atomic E-state index is 12.9. The smallest absolute Gasteiger partial charge is 0.272 e. The number of carbonyl (C=O) groups is 2. The standard InChI is InChI=1S/C20H21N5O4S2/c26-19(16-13-15(21-22-16)14-7-3-1-4-8-14)23-24-20(27)18-17(9-12-30-18)31(28,29)25-10-5-2-6-11-25/h1,3-4,7-9,12-13H,2,5-6,10-11H2,(H,21,22)(H,23,26)(H,24,27). The molecule has 11 heteroatoms. The molecule has 1 aliphatic heterocycles. The minimum absolute atomic E-state index is 0.0282. The largest absolute Gasteiger partial charge is 0.287 e. The van der Waals surface area contributed by atoms with Gasteiger partial charge in [-0.15, -0.1) is 11.3 Å². The van der Waals surface area contributed by atoms with E-state index < -0.39 is 21.8 Å². The van der Waals surface area contributed by atoms with E-state index in [0.717, 1.165) is 36.2 Å². The average molecular weight is 460 g/mol. The van der Waals surface area contributed by atoms with Crippen LogP contribution in [0.3, 0.4) is 0 Å². The molecule has 1 saturated heterocycles. The van der Waals surface area contributed by atoms with Gasteiger partial charge in [-0.1, -0.05) is 36.8 Å². The Bertz CT molecular complexity index is 1180. The zero-order valence-electron chi connectivity index (χ0n) is 16.5. The van der Waals surface area contributed by atoms with Gasteiger partial charge in [0, 0.05) is 18.7 Å². The summed E-state index contributed by atoms with van der Waals surface area (Å²) in [4.78, 5) is 25.0. The topological polar surface area (TPSA) is 124 Å². The van der Waals surface area contributed by atoms with E-state index in [2.05, 4.69) is 21.0 Å². The molecule has 0 radical (unpaired) electrons. The van der Waals surface area contributed by atoms with Crippen molar-refractivity contribution in [2.45, 2.75) is 24.2 Å².